The molecule has 0 spiro atoms. The van der Waals surface area contributed by atoms with Gasteiger partial charge in [-0.3, -0.25) is 0 Å². The van der Waals surface area contributed by atoms with Gasteiger partial charge in [0.2, 0.25) is 0 Å². The van der Waals surface area contributed by atoms with E-state index in [1.165, 1.54) is 44.5 Å². The molecule has 1 unspecified atom stereocenters. The maximum Gasteiger partial charge on any atom is 0.0946 e. The predicted octanol–water partition coefficient (Wildman–Crippen LogP) is 3.09. The zero-order valence-corrected chi connectivity index (χ0v) is 14.1. The Kier molecular flexibility index (Phi) is 5.83. The van der Waals surface area contributed by atoms with Gasteiger partial charge in [0.1, 0.15) is 0 Å². The van der Waals surface area contributed by atoms with Crippen LogP contribution in [0.15, 0.2) is 49.1 Å². The van der Waals surface area contributed by atoms with Crippen molar-refractivity contribution >= 4 is 0 Å². The first-order valence-electron chi connectivity index (χ1n) is 8.84. The monoisotopic (exact) mass is 312 g/mol. The van der Waals surface area contributed by atoms with E-state index in [9.17, 15) is 0 Å². The molecule has 2 heterocycles. The molecular formula is C19H28N4. The average Bonchev–Trinajstić information content (AvgIpc) is 3.10. The molecule has 1 aliphatic heterocycles. The Labute approximate surface area is 139 Å². The van der Waals surface area contributed by atoms with Crippen LogP contribution in [0.4, 0.5) is 0 Å². The van der Waals surface area contributed by atoms with E-state index in [2.05, 4.69) is 57.0 Å². The summed E-state index contributed by atoms with van der Waals surface area (Å²) in [5.41, 5.74) is 1.36. The van der Waals surface area contributed by atoms with Crippen LogP contribution in [0, 0.1) is 0 Å². The number of imidazole rings is 1. The van der Waals surface area contributed by atoms with Crippen molar-refractivity contribution in [1.29, 1.82) is 0 Å². The number of benzene rings is 1. The van der Waals surface area contributed by atoms with Gasteiger partial charge < -0.3 is 14.8 Å². The Morgan fingerprint density at radius 3 is 2.65 bits per heavy atom. The summed E-state index contributed by atoms with van der Waals surface area (Å²) >= 11 is 0. The molecule has 4 nitrogen and oxygen atoms in total. The normalized spacial score (nSPS) is 18.1. The standard InChI is InChI=1S/C19H28N4/c1-2-11-22-12-8-18(9-13-22)21-19(15-23-14-10-20-16-23)17-6-4-3-5-7-17/h3-7,10,14,16,18-19,21H,2,8-9,11-13,15H2,1H3. The van der Waals surface area contributed by atoms with Crippen molar-refractivity contribution in [3.8, 4) is 0 Å². The Bertz CT molecular complexity index is 544. The molecule has 1 saturated heterocycles. The third kappa shape index (κ3) is 4.66. The molecule has 1 aliphatic rings. The second-order valence-electron chi connectivity index (χ2n) is 6.51. The Morgan fingerprint density at radius 2 is 2.00 bits per heavy atom. The first-order valence-corrected chi connectivity index (χ1v) is 8.84. The van der Waals surface area contributed by atoms with Gasteiger partial charge in [0.15, 0.2) is 0 Å². The molecule has 124 valence electrons. The van der Waals surface area contributed by atoms with E-state index in [0.717, 1.165) is 6.54 Å². The highest BCUT2D eigenvalue weighted by Gasteiger charge is 2.22. The lowest BCUT2D eigenvalue weighted by Gasteiger charge is -2.34. The summed E-state index contributed by atoms with van der Waals surface area (Å²) in [4.78, 5) is 6.76. The van der Waals surface area contributed by atoms with Crippen LogP contribution in [0.3, 0.4) is 0 Å². The number of aromatic nitrogens is 2. The summed E-state index contributed by atoms with van der Waals surface area (Å²) in [5.74, 6) is 0. The van der Waals surface area contributed by atoms with E-state index in [1.54, 1.807) is 0 Å². The van der Waals surface area contributed by atoms with Crippen LogP contribution in [-0.2, 0) is 6.54 Å². The van der Waals surface area contributed by atoms with E-state index >= 15 is 0 Å². The second kappa shape index (κ2) is 8.27. The summed E-state index contributed by atoms with van der Waals surface area (Å²) < 4.78 is 2.16. The third-order valence-corrected chi connectivity index (χ3v) is 4.72. The molecule has 0 radical (unpaired) electrons. The summed E-state index contributed by atoms with van der Waals surface area (Å²) in [6.45, 7) is 6.88. The molecule has 3 rings (SSSR count). The zero-order valence-electron chi connectivity index (χ0n) is 14.1. The number of hydrogen-bond acceptors (Lipinski definition) is 3. The van der Waals surface area contributed by atoms with Gasteiger partial charge in [0.25, 0.3) is 0 Å². The number of nitrogens with zero attached hydrogens (tertiary/aromatic N) is 3. The summed E-state index contributed by atoms with van der Waals surface area (Å²) in [7, 11) is 0. The van der Waals surface area contributed by atoms with Crippen molar-refractivity contribution in [1.82, 2.24) is 19.8 Å². The Balaban J connectivity index is 1.62. The molecule has 0 bridgehead atoms. The van der Waals surface area contributed by atoms with E-state index in [0.29, 0.717) is 12.1 Å². The van der Waals surface area contributed by atoms with Crippen molar-refractivity contribution in [3.63, 3.8) is 0 Å². The van der Waals surface area contributed by atoms with Gasteiger partial charge in [-0.25, -0.2) is 4.98 Å². The third-order valence-electron chi connectivity index (χ3n) is 4.72. The summed E-state index contributed by atoms with van der Waals surface area (Å²) in [6, 6.07) is 11.7. The summed E-state index contributed by atoms with van der Waals surface area (Å²) in [5, 5.41) is 3.90. The predicted molar refractivity (Wildman–Crippen MR) is 94.3 cm³/mol. The van der Waals surface area contributed by atoms with Gasteiger partial charge in [0.05, 0.1) is 12.4 Å². The lowest BCUT2D eigenvalue weighted by atomic mass is 10.0. The molecule has 1 atom stereocenters. The lowest BCUT2D eigenvalue weighted by Crippen LogP contribution is -2.44. The smallest absolute Gasteiger partial charge is 0.0946 e. The van der Waals surface area contributed by atoms with Gasteiger partial charge in [0, 0.05) is 25.0 Å². The zero-order chi connectivity index (χ0) is 15.9. The topological polar surface area (TPSA) is 33.1 Å². The van der Waals surface area contributed by atoms with Gasteiger partial charge in [-0.1, -0.05) is 37.3 Å². The maximum absolute atomic E-state index is 4.17. The van der Waals surface area contributed by atoms with Gasteiger partial charge in [-0.05, 0) is 44.5 Å². The quantitative estimate of drug-likeness (QED) is 0.853. The minimum Gasteiger partial charge on any atom is -0.336 e. The fourth-order valence-electron chi connectivity index (χ4n) is 3.47. The fraction of sp³-hybridized carbons (Fsp3) is 0.526. The van der Waals surface area contributed by atoms with Crippen molar-refractivity contribution in [2.75, 3.05) is 19.6 Å². The van der Waals surface area contributed by atoms with Crippen LogP contribution in [0.5, 0.6) is 0 Å². The van der Waals surface area contributed by atoms with E-state index in [1.807, 2.05) is 18.7 Å². The van der Waals surface area contributed by atoms with Gasteiger partial charge in [-0.15, -0.1) is 0 Å². The molecule has 1 aromatic carbocycles. The van der Waals surface area contributed by atoms with E-state index in [-0.39, 0.29) is 0 Å². The van der Waals surface area contributed by atoms with Crippen molar-refractivity contribution in [2.45, 2.75) is 44.8 Å². The average molecular weight is 312 g/mol. The molecule has 0 aliphatic carbocycles. The van der Waals surface area contributed by atoms with Gasteiger partial charge >= 0.3 is 0 Å². The molecule has 1 fully saturated rings. The molecule has 0 saturated carbocycles. The minimum atomic E-state index is 0.341. The number of piperidine rings is 1. The highest BCUT2D eigenvalue weighted by molar-refractivity contribution is 5.19. The van der Waals surface area contributed by atoms with Crippen LogP contribution in [0.25, 0.3) is 0 Å². The molecule has 4 heteroatoms. The molecule has 1 aromatic heterocycles. The van der Waals surface area contributed by atoms with Crippen LogP contribution >= 0.6 is 0 Å². The first kappa shape index (κ1) is 16.2. The maximum atomic E-state index is 4.17. The van der Waals surface area contributed by atoms with Crippen molar-refractivity contribution in [2.24, 2.45) is 0 Å². The Hall–Kier alpha value is -1.65. The Morgan fingerprint density at radius 1 is 1.22 bits per heavy atom. The largest absolute Gasteiger partial charge is 0.336 e. The van der Waals surface area contributed by atoms with Crippen LogP contribution in [0.1, 0.15) is 37.8 Å². The second-order valence-corrected chi connectivity index (χ2v) is 6.51. The minimum absolute atomic E-state index is 0.341. The molecule has 0 amide bonds. The fourth-order valence-corrected chi connectivity index (χ4v) is 3.47. The number of likely N-dealkylation sites (tertiary alicyclic amines) is 1. The van der Waals surface area contributed by atoms with Gasteiger partial charge in [-0.2, -0.15) is 0 Å². The number of nitrogens with one attached hydrogen (secondary N) is 1. The van der Waals surface area contributed by atoms with E-state index < -0.39 is 0 Å². The van der Waals surface area contributed by atoms with Crippen LogP contribution in [-0.4, -0.2) is 40.1 Å². The lowest BCUT2D eigenvalue weighted by molar-refractivity contribution is 0.188. The highest BCUT2D eigenvalue weighted by atomic mass is 15.1. The molecule has 2 aromatic rings. The van der Waals surface area contributed by atoms with Crippen LogP contribution in [0.2, 0.25) is 0 Å². The molecule has 1 N–H and O–H groups in total. The first-order chi connectivity index (χ1) is 11.3. The van der Waals surface area contributed by atoms with Crippen molar-refractivity contribution in [3.05, 3.63) is 54.6 Å². The molecular weight excluding hydrogens is 284 g/mol. The summed E-state index contributed by atoms with van der Waals surface area (Å²) in [6.07, 6.45) is 9.54. The van der Waals surface area contributed by atoms with Crippen molar-refractivity contribution < 1.29 is 0 Å². The van der Waals surface area contributed by atoms with E-state index in [4.69, 9.17) is 0 Å². The SMILES string of the molecule is CCCN1CCC(NC(Cn2ccnc2)c2ccccc2)CC1. The number of hydrogen-bond donors (Lipinski definition) is 1. The highest BCUT2D eigenvalue weighted by Crippen LogP contribution is 2.19. The number of rotatable bonds is 7. The van der Waals surface area contributed by atoms with Crippen LogP contribution < -0.4 is 5.32 Å². The molecule has 23 heavy (non-hydrogen) atoms.